The van der Waals surface area contributed by atoms with Crippen molar-refractivity contribution >= 4 is 5.97 Å². The molecule has 0 aliphatic rings. The van der Waals surface area contributed by atoms with Gasteiger partial charge in [0.2, 0.25) is 0 Å². The van der Waals surface area contributed by atoms with Gasteiger partial charge in [-0.1, -0.05) is 92.2 Å². The number of carboxylic acids is 1. The first-order valence-electron chi connectivity index (χ1n) is 11.1. The fraction of sp³-hybridized carbons (Fsp3) is 0.321. The molecular weight excluding hydrogens is 368 g/mol. The molecule has 0 aliphatic heterocycles. The number of carboxylic acid groups (broad SMARTS) is 1. The highest BCUT2D eigenvalue weighted by molar-refractivity contribution is 5.70. The van der Waals surface area contributed by atoms with E-state index in [1.165, 1.54) is 27.8 Å². The Hall–Kier alpha value is -2.87. The van der Waals surface area contributed by atoms with Crippen molar-refractivity contribution in [1.29, 1.82) is 0 Å². The van der Waals surface area contributed by atoms with E-state index in [-0.39, 0.29) is 5.92 Å². The molecule has 0 radical (unpaired) electrons. The summed E-state index contributed by atoms with van der Waals surface area (Å²) < 4.78 is 0. The van der Waals surface area contributed by atoms with Crippen LogP contribution < -0.4 is 0 Å². The van der Waals surface area contributed by atoms with Crippen LogP contribution in [0.4, 0.5) is 0 Å². The van der Waals surface area contributed by atoms with Crippen molar-refractivity contribution in [3.05, 3.63) is 95.6 Å². The van der Waals surface area contributed by atoms with Crippen LogP contribution >= 0.6 is 0 Å². The Kier molecular flexibility index (Phi) is 8.26. The van der Waals surface area contributed by atoms with Gasteiger partial charge in [0.1, 0.15) is 0 Å². The van der Waals surface area contributed by atoms with Crippen LogP contribution in [-0.2, 0) is 24.1 Å². The summed E-state index contributed by atoms with van der Waals surface area (Å²) in [7, 11) is 0. The minimum atomic E-state index is -0.674. The molecule has 0 saturated carbocycles. The average molecular weight is 401 g/mol. The molecule has 1 unspecified atom stereocenters. The van der Waals surface area contributed by atoms with Gasteiger partial charge in [0, 0.05) is 0 Å². The first-order valence-corrected chi connectivity index (χ1v) is 11.1. The normalized spacial score (nSPS) is 11.9. The third kappa shape index (κ3) is 6.59. The van der Waals surface area contributed by atoms with Crippen molar-refractivity contribution in [2.75, 3.05) is 0 Å². The lowest BCUT2D eigenvalue weighted by atomic mass is 9.93. The molecule has 2 nitrogen and oxygen atoms in total. The van der Waals surface area contributed by atoms with Crippen molar-refractivity contribution < 1.29 is 9.90 Å². The Morgan fingerprint density at radius 3 is 1.77 bits per heavy atom. The Morgan fingerprint density at radius 1 is 0.700 bits per heavy atom. The topological polar surface area (TPSA) is 37.3 Å². The Morgan fingerprint density at radius 2 is 1.23 bits per heavy atom. The van der Waals surface area contributed by atoms with Gasteiger partial charge in [0.25, 0.3) is 0 Å². The van der Waals surface area contributed by atoms with Gasteiger partial charge in [-0.15, -0.1) is 0 Å². The van der Waals surface area contributed by atoms with E-state index in [4.69, 9.17) is 0 Å². The summed E-state index contributed by atoms with van der Waals surface area (Å²) in [5, 5.41) is 9.60. The zero-order chi connectivity index (χ0) is 21.2. The van der Waals surface area contributed by atoms with Gasteiger partial charge in [-0.3, -0.25) is 4.79 Å². The summed E-state index contributed by atoms with van der Waals surface area (Å²) >= 11 is 0. The summed E-state index contributed by atoms with van der Waals surface area (Å²) in [6.07, 6.45) is 6.36. The van der Waals surface area contributed by atoms with Crippen molar-refractivity contribution in [2.45, 2.75) is 51.9 Å². The molecule has 0 heterocycles. The lowest BCUT2D eigenvalue weighted by Gasteiger charge is -2.13. The van der Waals surface area contributed by atoms with Gasteiger partial charge in [0.15, 0.2) is 0 Å². The molecule has 0 bridgehead atoms. The van der Waals surface area contributed by atoms with Crippen LogP contribution in [0.1, 0.15) is 49.3 Å². The number of hydrogen-bond donors (Lipinski definition) is 1. The first-order chi connectivity index (χ1) is 14.7. The van der Waals surface area contributed by atoms with Crippen molar-refractivity contribution in [2.24, 2.45) is 5.92 Å². The summed E-state index contributed by atoms with van der Waals surface area (Å²) in [5.41, 5.74) is 6.30. The zero-order valence-corrected chi connectivity index (χ0v) is 17.9. The Bertz CT molecular complexity index is 896. The predicted molar refractivity (Wildman–Crippen MR) is 125 cm³/mol. The Balaban J connectivity index is 1.51. The molecule has 0 fully saturated rings. The largest absolute Gasteiger partial charge is 0.481 e. The molecule has 2 heteroatoms. The molecule has 1 atom stereocenters. The van der Waals surface area contributed by atoms with E-state index in [9.17, 15) is 9.90 Å². The highest BCUT2D eigenvalue weighted by Crippen LogP contribution is 2.23. The van der Waals surface area contributed by atoms with Gasteiger partial charge >= 0.3 is 5.97 Å². The molecular formula is C28H32O2. The predicted octanol–water partition coefficient (Wildman–Crippen LogP) is 6.96. The van der Waals surface area contributed by atoms with E-state index in [2.05, 4.69) is 67.6 Å². The molecule has 3 rings (SSSR count). The summed E-state index contributed by atoms with van der Waals surface area (Å²) in [4.78, 5) is 11.7. The molecule has 3 aromatic rings. The third-order valence-electron chi connectivity index (χ3n) is 5.77. The number of rotatable bonds is 11. The molecule has 1 N–H and O–H groups in total. The van der Waals surface area contributed by atoms with E-state index >= 15 is 0 Å². The van der Waals surface area contributed by atoms with Crippen molar-refractivity contribution in [3.63, 3.8) is 0 Å². The Labute approximate surface area is 180 Å². The summed E-state index contributed by atoms with van der Waals surface area (Å²) in [5.74, 6) is -0.952. The van der Waals surface area contributed by atoms with Gasteiger partial charge in [-0.05, 0) is 66.3 Å². The number of aliphatic carboxylic acids is 1. The fourth-order valence-electron chi connectivity index (χ4n) is 3.95. The molecule has 0 aliphatic carbocycles. The van der Waals surface area contributed by atoms with E-state index < -0.39 is 5.97 Å². The SMILES string of the molecule is CCCc1ccc(-c2ccc(CCC(CCCc3ccccc3)C(=O)O)cc2)cc1. The van der Waals surface area contributed by atoms with Gasteiger partial charge in [-0.25, -0.2) is 0 Å². The molecule has 156 valence electrons. The van der Waals surface area contributed by atoms with E-state index in [0.29, 0.717) is 6.42 Å². The molecule has 0 amide bonds. The smallest absolute Gasteiger partial charge is 0.306 e. The van der Waals surface area contributed by atoms with Crippen molar-refractivity contribution in [1.82, 2.24) is 0 Å². The van der Waals surface area contributed by atoms with Crippen LogP contribution in [0.5, 0.6) is 0 Å². The highest BCUT2D eigenvalue weighted by atomic mass is 16.4. The van der Waals surface area contributed by atoms with E-state index in [0.717, 1.165) is 38.5 Å². The maximum Gasteiger partial charge on any atom is 0.306 e. The van der Waals surface area contributed by atoms with Crippen molar-refractivity contribution in [3.8, 4) is 11.1 Å². The van der Waals surface area contributed by atoms with Gasteiger partial charge in [0.05, 0.1) is 5.92 Å². The second-order valence-corrected chi connectivity index (χ2v) is 8.10. The molecule has 0 saturated heterocycles. The zero-order valence-electron chi connectivity index (χ0n) is 17.9. The van der Waals surface area contributed by atoms with Crippen LogP contribution in [-0.4, -0.2) is 11.1 Å². The second-order valence-electron chi connectivity index (χ2n) is 8.10. The molecule has 0 spiro atoms. The maximum atomic E-state index is 11.7. The number of benzene rings is 3. The average Bonchev–Trinajstić information content (AvgIpc) is 2.78. The molecule has 0 aromatic heterocycles. The van der Waals surface area contributed by atoms with E-state index in [1.807, 2.05) is 18.2 Å². The third-order valence-corrected chi connectivity index (χ3v) is 5.77. The standard InChI is InChI=1S/C28H32O2/c1-2-7-22-12-17-25(18-13-22)26-19-14-24(15-20-26)16-21-27(28(29)30)11-6-10-23-8-4-3-5-9-23/h3-5,8-9,12-15,17-20,27H,2,6-7,10-11,16,21H2,1H3,(H,29,30). The quantitative estimate of drug-likeness (QED) is 0.378. The van der Waals surface area contributed by atoms with Crippen LogP contribution in [0, 0.1) is 5.92 Å². The lowest BCUT2D eigenvalue weighted by Crippen LogP contribution is -2.15. The highest BCUT2D eigenvalue weighted by Gasteiger charge is 2.17. The minimum Gasteiger partial charge on any atom is -0.481 e. The van der Waals surface area contributed by atoms with Crippen LogP contribution in [0.2, 0.25) is 0 Å². The monoisotopic (exact) mass is 400 g/mol. The maximum absolute atomic E-state index is 11.7. The fourth-order valence-corrected chi connectivity index (χ4v) is 3.95. The van der Waals surface area contributed by atoms with Crippen LogP contribution in [0.15, 0.2) is 78.9 Å². The van der Waals surface area contributed by atoms with E-state index in [1.54, 1.807) is 0 Å². The second kappa shape index (κ2) is 11.3. The number of aryl methyl sites for hydroxylation is 3. The first kappa shape index (κ1) is 21.8. The molecule has 3 aromatic carbocycles. The lowest BCUT2D eigenvalue weighted by molar-refractivity contribution is -0.142. The minimum absolute atomic E-state index is 0.278. The number of hydrogen-bond acceptors (Lipinski definition) is 1. The summed E-state index contributed by atoms with van der Waals surface area (Å²) in [6.45, 7) is 2.20. The molecule has 30 heavy (non-hydrogen) atoms. The number of carbonyl (C=O) groups is 1. The van der Waals surface area contributed by atoms with Crippen LogP contribution in [0.25, 0.3) is 11.1 Å². The van der Waals surface area contributed by atoms with Crippen LogP contribution in [0.3, 0.4) is 0 Å². The van der Waals surface area contributed by atoms with Gasteiger partial charge < -0.3 is 5.11 Å². The van der Waals surface area contributed by atoms with Gasteiger partial charge in [-0.2, -0.15) is 0 Å². The summed E-state index contributed by atoms with van der Waals surface area (Å²) in [6, 6.07) is 27.7.